The fourth-order valence-electron chi connectivity index (χ4n) is 0.796. The summed E-state index contributed by atoms with van der Waals surface area (Å²) in [7, 11) is 0. The molecule has 1 N–H and O–H groups in total. The van der Waals surface area contributed by atoms with Crippen molar-refractivity contribution in [2.75, 3.05) is 11.1 Å². The highest BCUT2D eigenvalue weighted by atomic mass is 79.9. The Morgan fingerprint density at radius 2 is 2.38 bits per heavy atom. The first-order chi connectivity index (χ1) is 6.13. The Balaban J connectivity index is 2.79. The predicted octanol–water partition coefficient (Wildman–Crippen LogP) is 2.02. The Morgan fingerprint density at radius 1 is 1.69 bits per heavy atom. The lowest BCUT2D eigenvalue weighted by Crippen LogP contribution is -2.13. The molecule has 0 aliphatic heterocycles. The van der Waals surface area contributed by atoms with Crippen LogP contribution >= 0.6 is 28.6 Å². The molecule has 70 valence electrons. The third-order valence-corrected chi connectivity index (χ3v) is 2.56. The van der Waals surface area contributed by atoms with Crippen molar-refractivity contribution in [1.29, 1.82) is 0 Å². The number of carbonyl (C=O) groups is 1. The zero-order valence-corrected chi connectivity index (χ0v) is 9.52. The number of hydrogen-bond donors (Lipinski definition) is 2. The third kappa shape index (κ3) is 3.00. The standard InChI is InChI=1S/C8H9BrN2OS/c1-5-6(9)2-3-7(10-5)11-8(12)4-13/h2-3,13H,4H2,1H3,(H,10,11,12). The second-order valence-electron chi connectivity index (χ2n) is 2.47. The number of pyridine rings is 1. The number of halogens is 1. The van der Waals surface area contributed by atoms with Crippen molar-refractivity contribution in [1.82, 2.24) is 4.98 Å². The largest absolute Gasteiger partial charge is 0.310 e. The summed E-state index contributed by atoms with van der Waals surface area (Å²) in [6.45, 7) is 1.86. The number of rotatable bonds is 2. The lowest BCUT2D eigenvalue weighted by molar-refractivity contribution is -0.113. The van der Waals surface area contributed by atoms with Crippen LogP contribution in [0.15, 0.2) is 16.6 Å². The molecule has 5 heteroatoms. The summed E-state index contributed by atoms with van der Waals surface area (Å²) in [6, 6.07) is 3.58. The van der Waals surface area contributed by atoms with Crippen LogP contribution in [0.3, 0.4) is 0 Å². The zero-order chi connectivity index (χ0) is 9.84. The highest BCUT2D eigenvalue weighted by molar-refractivity contribution is 9.10. The van der Waals surface area contributed by atoms with Crippen LogP contribution in [0, 0.1) is 6.92 Å². The number of anilines is 1. The summed E-state index contributed by atoms with van der Waals surface area (Å²) in [5.41, 5.74) is 0.844. The van der Waals surface area contributed by atoms with Crippen LogP contribution in [-0.4, -0.2) is 16.6 Å². The van der Waals surface area contributed by atoms with Crippen LogP contribution in [0.2, 0.25) is 0 Å². The van der Waals surface area contributed by atoms with E-state index in [9.17, 15) is 4.79 Å². The van der Waals surface area contributed by atoms with Gasteiger partial charge in [0.1, 0.15) is 5.82 Å². The minimum absolute atomic E-state index is 0.155. The lowest BCUT2D eigenvalue weighted by Gasteiger charge is -2.03. The van der Waals surface area contributed by atoms with Crippen LogP contribution in [0.5, 0.6) is 0 Å². The molecule has 0 radical (unpaired) electrons. The van der Waals surface area contributed by atoms with Crippen LogP contribution in [0.4, 0.5) is 5.82 Å². The van der Waals surface area contributed by atoms with Gasteiger partial charge in [0.25, 0.3) is 0 Å². The molecule has 0 aliphatic carbocycles. The van der Waals surface area contributed by atoms with E-state index in [1.807, 2.05) is 13.0 Å². The van der Waals surface area contributed by atoms with Gasteiger partial charge in [-0.15, -0.1) is 0 Å². The van der Waals surface area contributed by atoms with Gasteiger partial charge in [-0.2, -0.15) is 12.6 Å². The molecule has 1 heterocycles. The van der Waals surface area contributed by atoms with Crippen molar-refractivity contribution in [3.8, 4) is 0 Å². The molecule has 1 aromatic rings. The van der Waals surface area contributed by atoms with Gasteiger partial charge in [-0.05, 0) is 35.0 Å². The monoisotopic (exact) mass is 260 g/mol. The second-order valence-corrected chi connectivity index (χ2v) is 3.64. The van der Waals surface area contributed by atoms with Crippen molar-refractivity contribution < 1.29 is 4.79 Å². The minimum atomic E-state index is -0.155. The van der Waals surface area contributed by atoms with Gasteiger partial charge < -0.3 is 5.32 Å². The number of aryl methyl sites for hydroxylation is 1. The molecule has 0 unspecified atom stereocenters. The summed E-state index contributed by atoms with van der Waals surface area (Å²) in [5, 5.41) is 2.61. The van der Waals surface area contributed by atoms with E-state index >= 15 is 0 Å². The molecule has 1 aromatic heterocycles. The molecule has 0 saturated carbocycles. The molecular formula is C8H9BrN2OS. The fraction of sp³-hybridized carbons (Fsp3) is 0.250. The maximum Gasteiger partial charge on any atom is 0.235 e. The summed E-state index contributed by atoms with van der Waals surface area (Å²) >= 11 is 7.17. The van der Waals surface area contributed by atoms with Crippen LogP contribution in [0.1, 0.15) is 5.69 Å². The molecule has 0 aliphatic rings. The molecule has 0 fully saturated rings. The van der Waals surface area contributed by atoms with E-state index in [2.05, 4.69) is 38.9 Å². The van der Waals surface area contributed by atoms with Crippen molar-refractivity contribution >= 4 is 40.3 Å². The van der Waals surface area contributed by atoms with Gasteiger partial charge in [0.2, 0.25) is 5.91 Å². The first kappa shape index (κ1) is 10.5. The zero-order valence-electron chi connectivity index (χ0n) is 7.04. The van der Waals surface area contributed by atoms with Gasteiger partial charge in [-0.1, -0.05) is 0 Å². The highest BCUT2D eigenvalue weighted by Crippen LogP contribution is 2.15. The van der Waals surface area contributed by atoms with Crippen LogP contribution in [0.25, 0.3) is 0 Å². The molecule has 0 spiro atoms. The third-order valence-electron chi connectivity index (χ3n) is 1.43. The molecule has 3 nitrogen and oxygen atoms in total. The molecule has 0 saturated heterocycles. The van der Waals surface area contributed by atoms with Gasteiger partial charge in [0.05, 0.1) is 11.4 Å². The van der Waals surface area contributed by atoms with E-state index in [0.717, 1.165) is 10.2 Å². The fourth-order valence-corrected chi connectivity index (χ4v) is 1.10. The van der Waals surface area contributed by atoms with Gasteiger partial charge >= 0.3 is 0 Å². The quantitative estimate of drug-likeness (QED) is 0.800. The van der Waals surface area contributed by atoms with E-state index in [1.54, 1.807) is 6.07 Å². The number of amides is 1. The summed E-state index contributed by atoms with van der Waals surface area (Å²) in [4.78, 5) is 15.1. The van der Waals surface area contributed by atoms with Gasteiger partial charge in [-0.3, -0.25) is 4.79 Å². The predicted molar refractivity (Wildman–Crippen MR) is 59.2 cm³/mol. The number of carbonyl (C=O) groups excluding carboxylic acids is 1. The maximum atomic E-state index is 10.9. The Labute approximate surface area is 90.5 Å². The van der Waals surface area contributed by atoms with Gasteiger partial charge in [0, 0.05) is 4.47 Å². The average Bonchev–Trinajstić information content (AvgIpc) is 2.11. The van der Waals surface area contributed by atoms with Gasteiger partial charge in [0.15, 0.2) is 0 Å². The molecule has 1 amide bonds. The number of nitrogens with zero attached hydrogens (tertiary/aromatic N) is 1. The minimum Gasteiger partial charge on any atom is -0.310 e. The maximum absolute atomic E-state index is 10.9. The smallest absolute Gasteiger partial charge is 0.235 e. The van der Waals surface area contributed by atoms with E-state index in [1.165, 1.54) is 0 Å². The topological polar surface area (TPSA) is 42.0 Å². The highest BCUT2D eigenvalue weighted by Gasteiger charge is 2.01. The Kier molecular flexibility index (Phi) is 3.74. The Hall–Kier alpha value is -0.550. The van der Waals surface area contributed by atoms with Crippen LogP contribution < -0.4 is 5.32 Å². The molecule has 1 rings (SSSR count). The van der Waals surface area contributed by atoms with E-state index in [0.29, 0.717) is 5.82 Å². The lowest BCUT2D eigenvalue weighted by atomic mass is 10.4. The van der Waals surface area contributed by atoms with Crippen molar-refractivity contribution in [3.05, 3.63) is 22.3 Å². The summed E-state index contributed by atoms with van der Waals surface area (Å²) < 4.78 is 0.927. The first-order valence-electron chi connectivity index (χ1n) is 3.67. The molecule has 0 bridgehead atoms. The number of hydrogen-bond acceptors (Lipinski definition) is 3. The number of thiol groups is 1. The van der Waals surface area contributed by atoms with Crippen LogP contribution in [-0.2, 0) is 4.79 Å². The number of nitrogens with one attached hydrogen (secondary N) is 1. The van der Waals surface area contributed by atoms with E-state index in [4.69, 9.17) is 0 Å². The van der Waals surface area contributed by atoms with Crippen molar-refractivity contribution in [3.63, 3.8) is 0 Å². The molecule has 0 atom stereocenters. The Bertz CT molecular complexity index is 330. The Morgan fingerprint density at radius 3 is 2.92 bits per heavy atom. The SMILES string of the molecule is Cc1nc(NC(=O)CS)ccc1Br. The number of aromatic nitrogens is 1. The van der Waals surface area contributed by atoms with Crippen molar-refractivity contribution in [2.45, 2.75) is 6.92 Å². The van der Waals surface area contributed by atoms with Crippen molar-refractivity contribution in [2.24, 2.45) is 0 Å². The first-order valence-corrected chi connectivity index (χ1v) is 5.10. The molecule has 0 aromatic carbocycles. The summed E-state index contributed by atoms with van der Waals surface area (Å²) in [6.07, 6.45) is 0. The molecular weight excluding hydrogens is 252 g/mol. The van der Waals surface area contributed by atoms with E-state index in [-0.39, 0.29) is 11.7 Å². The van der Waals surface area contributed by atoms with E-state index < -0.39 is 0 Å². The van der Waals surface area contributed by atoms with Gasteiger partial charge in [-0.25, -0.2) is 4.98 Å². The average molecular weight is 261 g/mol. The summed E-state index contributed by atoms with van der Waals surface area (Å²) in [5.74, 6) is 0.564. The normalized spacial score (nSPS) is 9.77. The molecule has 13 heavy (non-hydrogen) atoms. The second kappa shape index (κ2) is 4.62.